The second-order valence-corrected chi connectivity index (χ2v) is 7.86. The number of nitrogens with zero attached hydrogens (tertiary/aromatic N) is 3. The summed E-state index contributed by atoms with van der Waals surface area (Å²) in [6.07, 6.45) is 0. The van der Waals surface area contributed by atoms with Crippen molar-refractivity contribution in [2.45, 2.75) is 6.92 Å². The van der Waals surface area contributed by atoms with Crippen LogP contribution in [-0.2, 0) is 4.74 Å². The number of nitrogens with one attached hydrogen (secondary N) is 1. The van der Waals surface area contributed by atoms with E-state index in [2.05, 4.69) is 15.4 Å². The third-order valence-corrected chi connectivity index (χ3v) is 5.50. The summed E-state index contributed by atoms with van der Waals surface area (Å²) < 4.78 is 25.7. The predicted octanol–water partition coefficient (Wildman–Crippen LogP) is 4.72. The third-order valence-electron chi connectivity index (χ3n) is 4.64. The molecule has 1 N–H and O–H groups in total. The molecule has 2 aromatic heterocycles. The predicted molar refractivity (Wildman–Crippen MR) is 121 cm³/mol. The number of hydrogen-bond donors (Lipinski definition) is 1. The average Bonchev–Trinajstić information content (AvgIpc) is 3.46. The molecule has 4 rings (SSSR count). The fourth-order valence-electron chi connectivity index (χ4n) is 2.99. The number of aryl methyl sites for hydroxylation is 1. The monoisotopic (exact) mass is 452 g/mol. The maximum Gasteiger partial charge on any atom is 0.336 e. The molecule has 0 aliphatic heterocycles. The van der Waals surface area contributed by atoms with Crippen LogP contribution in [0.4, 0.5) is 10.1 Å². The fourth-order valence-corrected chi connectivity index (χ4v) is 3.69. The highest BCUT2D eigenvalue weighted by molar-refractivity contribution is 7.13. The first-order chi connectivity index (χ1) is 15.5. The standard InChI is InChI=1S/C23H21FN4O3S/c1-15-14-16(5-10-19(15)24)22(29)25-17-6-8-18(9-7-17)28-21(20-4-3-13-32-20)26-23(27-28)31-12-11-30-2/h3-10,13-14H,11-12H2,1-2H3,(H,25,29). The van der Waals surface area contributed by atoms with Crippen LogP contribution in [0.25, 0.3) is 16.4 Å². The second-order valence-electron chi connectivity index (χ2n) is 6.91. The van der Waals surface area contributed by atoms with Crippen LogP contribution in [0.2, 0.25) is 0 Å². The summed E-state index contributed by atoms with van der Waals surface area (Å²) in [5.41, 5.74) is 2.18. The van der Waals surface area contributed by atoms with E-state index in [0.717, 1.165) is 10.6 Å². The molecule has 7 nitrogen and oxygen atoms in total. The Morgan fingerprint density at radius 1 is 1.16 bits per heavy atom. The first-order valence-electron chi connectivity index (χ1n) is 9.86. The van der Waals surface area contributed by atoms with Crippen LogP contribution in [-0.4, -0.2) is 41.0 Å². The van der Waals surface area contributed by atoms with Gasteiger partial charge < -0.3 is 14.8 Å². The maximum absolute atomic E-state index is 13.5. The summed E-state index contributed by atoms with van der Waals surface area (Å²) in [6.45, 7) is 2.40. The van der Waals surface area contributed by atoms with Gasteiger partial charge in [0.25, 0.3) is 5.91 Å². The lowest BCUT2D eigenvalue weighted by Crippen LogP contribution is -2.12. The van der Waals surface area contributed by atoms with Gasteiger partial charge in [-0.3, -0.25) is 4.79 Å². The van der Waals surface area contributed by atoms with Crippen LogP contribution >= 0.6 is 11.3 Å². The van der Waals surface area contributed by atoms with Crippen LogP contribution in [0.1, 0.15) is 15.9 Å². The van der Waals surface area contributed by atoms with E-state index in [9.17, 15) is 9.18 Å². The number of benzene rings is 2. The quantitative estimate of drug-likeness (QED) is 0.392. The molecule has 0 atom stereocenters. The number of amides is 1. The normalized spacial score (nSPS) is 10.8. The van der Waals surface area contributed by atoms with Crippen molar-refractivity contribution < 1.29 is 18.7 Å². The van der Waals surface area contributed by atoms with E-state index in [-0.39, 0.29) is 17.7 Å². The van der Waals surface area contributed by atoms with Crippen LogP contribution in [0.5, 0.6) is 6.01 Å². The maximum atomic E-state index is 13.5. The minimum absolute atomic E-state index is 0.259. The molecular formula is C23H21FN4O3S. The smallest absolute Gasteiger partial charge is 0.336 e. The second kappa shape index (κ2) is 9.71. The van der Waals surface area contributed by atoms with E-state index < -0.39 is 0 Å². The van der Waals surface area contributed by atoms with E-state index in [1.54, 1.807) is 42.2 Å². The van der Waals surface area contributed by atoms with Gasteiger partial charge in [0.05, 0.1) is 17.2 Å². The molecule has 0 aliphatic carbocycles. The Morgan fingerprint density at radius 3 is 2.66 bits per heavy atom. The van der Waals surface area contributed by atoms with Gasteiger partial charge in [-0.2, -0.15) is 4.98 Å². The van der Waals surface area contributed by atoms with Crippen molar-refractivity contribution in [3.8, 4) is 22.4 Å². The van der Waals surface area contributed by atoms with E-state index in [1.165, 1.54) is 18.2 Å². The Morgan fingerprint density at radius 2 is 1.97 bits per heavy atom. The molecule has 0 aliphatic rings. The van der Waals surface area contributed by atoms with Crippen molar-refractivity contribution in [2.24, 2.45) is 0 Å². The number of carbonyl (C=O) groups excluding carboxylic acids is 1. The van der Waals surface area contributed by atoms with Gasteiger partial charge in [-0.25, -0.2) is 9.07 Å². The molecule has 0 saturated carbocycles. The first-order valence-corrected chi connectivity index (χ1v) is 10.7. The third kappa shape index (κ3) is 4.84. The molecule has 0 saturated heterocycles. The topological polar surface area (TPSA) is 78.3 Å². The van der Waals surface area contributed by atoms with Crippen molar-refractivity contribution >= 4 is 22.9 Å². The summed E-state index contributed by atoms with van der Waals surface area (Å²) in [5.74, 6) is 0.00606. The van der Waals surface area contributed by atoms with Crippen molar-refractivity contribution in [2.75, 3.05) is 25.6 Å². The van der Waals surface area contributed by atoms with E-state index in [4.69, 9.17) is 9.47 Å². The zero-order valence-corrected chi connectivity index (χ0v) is 18.4. The number of methoxy groups -OCH3 is 1. The van der Waals surface area contributed by atoms with Crippen molar-refractivity contribution in [1.82, 2.24) is 14.8 Å². The molecule has 164 valence electrons. The molecule has 0 fully saturated rings. The van der Waals surface area contributed by atoms with Gasteiger partial charge in [-0.15, -0.1) is 16.4 Å². The van der Waals surface area contributed by atoms with Gasteiger partial charge >= 0.3 is 6.01 Å². The van der Waals surface area contributed by atoms with Gasteiger partial charge in [-0.1, -0.05) is 6.07 Å². The van der Waals surface area contributed by atoms with Gasteiger partial charge in [0.2, 0.25) is 0 Å². The number of anilines is 1. The highest BCUT2D eigenvalue weighted by Crippen LogP contribution is 2.28. The van der Waals surface area contributed by atoms with Crippen LogP contribution in [0.3, 0.4) is 0 Å². The number of hydrogen-bond acceptors (Lipinski definition) is 6. The van der Waals surface area contributed by atoms with Gasteiger partial charge in [0, 0.05) is 18.4 Å². The number of ether oxygens (including phenoxy) is 2. The Hall–Kier alpha value is -3.56. The largest absolute Gasteiger partial charge is 0.460 e. The zero-order chi connectivity index (χ0) is 22.5. The number of halogens is 1. The van der Waals surface area contributed by atoms with E-state index in [0.29, 0.717) is 35.9 Å². The van der Waals surface area contributed by atoms with Crippen LogP contribution in [0.15, 0.2) is 60.0 Å². The molecule has 0 unspecified atom stereocenters. The van der Waals surface area contributed by atoms with Gasteiger partial charge in [-0.05, 0) is 66.4 Å². The molecule has 0 spiro atoms. The van der Waals surface area contributed by atoms with Gasteiger partial charge in [0.1, 0.15) is 12.4 Å². The van der Waals surface area contributed by atoms with Crippen LogP contribution in [0, 0.1) is 12.7 Å². The minimum Gasteiger partial charge on any atom is -0.460 e. The highest BCUT2D eigenvalue weighted by atomic mass is 32.1. The Kier molecular flexibility index (Phi) is 6.58. The lowest BCUT2D eigenvalue weighted by atomic mass is 10.1. The minimum atomic E-state index is -0.342. The summed E-state index contributed by atoms with van der Waals surface area (Å²) in [4.78, 5) is 17.9. The molecule has 0 radical (unpaired) electrons. The molecule has 0 bridgehead atoms. The molecule has 32 heavy (non-hydrogen) atoms. The summed E-state index contributed by atoms with van der Waals surface area (Å²) >= 11 is 1.55. The first kappa shape index (κ1) is 21.7. The Bertz CT molecular complexity index is 1210. The number of rotatable bonds is 8. The molecular weight excluding hydrogens is 431 g/mol. The highest BCUT2D eigenvalue weighted by Gasteiger charge is 2.16. The summed E-state index contributed by atoms with van der Waals surface area (Å²) in [7, 11) is 1.60. The lowest BCUT2D eigenvalue weighted by Gasteiger charge is -2.08. The number of thiophene rings is 1. The van der Waals surface area contributed by atoms with Gasteiger partial charge in [0.15, 0.2) is 5.82 Å². The lowest BCUT2D eigenvalue weighted by molar-refractivity contribution is 0.102. The SMILES string of the molecule is COCCOc1nc(-c2cccs2)n(-c2ccc(NC(=O)c3ccc(F)c(C)c3)cc2)n1. The Labute approximate surface area is 188 Å². The van der Waals surface area contributed by atoms with Crippen LogP contribution < -0.4 is 10.1 Å². The molecule has 1 amide bonds. The number of carbonyl (C=O) groups is 1. The fraction of sp³-hybridized carbons (Fsp3) is 0.174. The van der Waals surface area contributed by atoms with E-state index in [1.807, 2.05) is 29.6 Å². The zero-order valence-electron chi connectivity index (χ0n) is 17.5. The molecule has 4 aromatic rings. The van der Waals surface area contributed by atoms with Crippen molar-refractivity contribution in [1.29, 1.82) is 0 Å². The van der Waals surface area contributed by atoms with Crippen molar-refractivity contribution in [3.63, 3.8) is 0 Å². The molecule has 2 aromatic carbocycles. The summed E-state index contributed by atoms with van der Waals surface area (Å²) in [6, 6.07) is 15.6. The summed E-state index contributed by atoms with van der Waals surface area (Å²) in [5, 5.41) is 9.27. The average molecular weight is 453 g/mol. The van der Waals surface area contributed by atoms with Crippen molar-refractivity contribution in [3.05, 3.63) is 76.9 Å². The van der Waals surface area contributed by atoms with E-state index >= 15 is 0 Å². The Balaban J connectivity index is 1.55. The number of aromatic nitrogens is 3. The molecule has 9 heteroatoms. The molecule has 2 heterocycles.